The second-order valence-corrected chi connectivity index (χ2v) is 9.63. The molecule has 0 radical (unpaired) electrons. The minimum atomic E-state index is -0.666. The predicted octanol–water partition coefficient (Wildman–Crippen LogP) is 4.03. The molecule has 8 nitrogen and oxygen atoms in total. The molecular weight excluding hydrogens is 440 g/mol. The van der Waals surface area contributed by atoms with Crippen LogP contribution in [0.15, 0.2) is 53.7 Å². The van der Waals surface area contributed by atoms with Gasteiger partial charge < -0.3 is 15.8 Å². The lowest BCUT2D eigenvalue weighted by atomic mass is 9.83. The van der Waals surface area contributed by atoms with E-state index in [0.717, 1.165) is 45.9 Å². The molecule has 5 rings (SSSR count). The van der Waals surface area contributed by atoms with Crippen molar-refractivity contribution in [2.24, 2.45) is 7.05 Å². The van der Waals surface area contributed by atoms with Crippen molar-refractivity contribution in [3.63, 3.8) is 0 Å². The van der Waals surface area contributed by atoms with Gasteiger partial charge in [-0.15, -0.1) is 0 Å². The maximum absolute atomic E-state index is 13.3. The summed E-state index contributed by atoms with van der Waals surface area (Å²) in [6.07, 6.45) is 9.46. The van der Waals surface area contributed by atoms with Crippen LogP contribution in [0.3, 0.4) is 0 Å². The Labute approximate surface area is 203 Å². The molecule has 1 aliphatic carbocycles. The first-order chi connectivity index (χ1) is 16.8. The third-order valence-corrected chi connectivity index (χ3v) is 7.16. The third kappa shape index (κ3) is 4.04. The molecule has 1 saturated carbocycles. The van der Waals surface area contributed by atoms with E-state index in [4.69, 9.17) is 5.41 Å². The van der Waals surface area contributed by atoms with Gasteiger partial charge in [0.05, 0.1) is 34.0 Å². The molecule has 0 aliphatic heterocycles. The molecule has 1 aliphatic rings. The fraction of sp³-hybridized carbons (Fsp3) is 0.333. The van der Waals surface area contributed by atoms with E-state index in [1.54, 1.807) is 37.3 Å². The highest BCUT2D eigenvalue weighted by Gasteiger charge is 2.31. The maximum Gasteiger partial charge on any atom is 0.329 e. The summed E-state index contributed by atoms with van der Waals surface area (Å²) in [6, 6.07) is 10.0. The number of fused-ring (bicyclic) bond motifs is 3. The number of aromatic nitrogens is 4. The number of hydrogen-bond donors (Lipinski definition) is 3. The quantitative estimate of drug-likeness (QED) is 0.382. The second-order valence-electron chi connectivity index (χ2n) is 9.63. The molecule has 0 bridgehead atoms. The summed E-state index contributed by atoms with van der Waals surface area (Å²) in [7, 11) is 3.58. The zero-order valence-electron chi connectivity index (χ0n) is 20.2. The van der Waals surface area contributed by atoms with E-state index in [-0.39, 0.29) is 11.7 Å². The van der Waals surface area contributed by atoms with Gasteiger partial charge in [0, 0.05) is 55.3 Å². The molecule has 3 heterocycles. The molecule has 3 aromatic heterocycles. The molecule has 0 atom stereocenters. The van der Waals surface area contributed by atoms with Crippen molar-refractivity contribution >= 4 is 33.7 Å². The summed E-state index contributed by atoms with van der Waals surface area (Å²) < 4.78 is 3.59. The Morgan fingerprint density at radius 3 is 2.57 bits per heavy atom. The summed E-state index contributed by atoms with van der Waals surface area (Å²) >= 11 is 0. The highest BCUT2D eigenvalue weighted by molar-refractivity contribution is 6.07. The lowest BCUT2D eigenvalue weighted by Gasteiger charge is -2.33. The first-order valence-electron chi connectivity index (χ1n) is 11.9. The maximum atomic E-state index is 13.3. The molecule has 0 amide bonds. The fourth-order valence-electron chi connectivity index (χ4n) is 5.11. The van der Waals surface area contributed by atoms with Crippen LogP contribution < -0.4 is 11.0 Å². The first-order valence-corrected chi connectivity index (χ1v) is 11.9. The van der Waals surface area contributed by atoms with Crippen LogP contribution in [0.4, 0.5) is 0 Å². The molecule has 0 saturated heterocycles. The van der Waals surface area contributed by atoms with E-state index in [2.05, 4.69) is 21.4 Å². The van der Waals surface area contributed by atoms with Gasteiger partial charge in [0.15, 0.2) is 0 Å². The molecule has 180 valence electrons. The molecule has 3 N–H and O–H groups in total. The summed E-state index contributed by atoms with van der Waals surface area (Å²) in [4.78, 5) is 22.5. The number of aryl methyl sites for hydroxylation is 1. The molecule has 1 fully saturated rings. The van der Waals surface area contributed by atoms with E-state index in [9.17, 15) is 9.90 Å². The summed E-state index contributed by atoms with van der Waals surface area (Å²) in [5.41, 5.74) is 5.15. The second kappa shape index (κ2) is 8.78. The number of rotatable bonds is 5. The van der Waals surface area contributed by atoms with Crippen LogP contribution in [0.25, 0.3) is 38.6 Å². The highest BCUT2D eigenvalue weighted by atomic mass is 16.3. The van der Waals surface area contributed by atoms with Gasteiger partial charge in [-0.1, -0.05) is 12.1 Å². The van der Waals surface area contributed by atoms with Crippen molar-refractivity contribution in [2.45, 2.75) is 44.2 Å². The van der Waals surface area contributed by atoms with E-state index >= 15 is 0 Å². The van der Waals surface area contributed by atoms with Crippen molar-refractivity contribution in [1.29, 1.82) is 5.41 Å². The zero-order valence-corrected chi connectivity index (χ0v) is 20.2. The van der Waals surface area contributed by atoms with Crippen LogP contribution in [0.2, 0.25) is 0 Å². The van der Waals surface area contributed by atoms with Crippen molar-refractivity contribution in [3.05, 3.63) is 65.1 Å². The topological polar surface area (TPSA) is 109 Å². The van der Waals surface area contributed by atoms with Gasteiger partial charge in [0.25, 0.3) is 0 Å². The number of imidazole rings is 1. The molecule has 8 heteroatoms. The molecular formula is C27H30N6O2. The molecule has 1 aromatic carbocycles. The van der Waals surface area contributed by atoms with E-state index in [0.29, 0.717) is 24.1 Å². The predicted molar refractivity (Wildman–Crippen MR) is 140 cm³/mol. The normalized spacial score (nSPS) is 20.9. The number of pyridine rings is 2. The zero-order chi connectivity index (χ0) is 24.7. The molecule has 4 aromatic rings. The first kappa shape index (κ1) is 23.0. The van der Waals surface area contributed by atoms with Gasteiger partial charge >= 0.3 is 5.69 Å². The number of aliphatic hydroxyl groups is 1. The van der Waals surface area contributed by atoms with Gasteiger partial charge in [0.2, 0.25) is 0 Å². The van der Waals surface area contributed by atoms with Gasteiger partial charge in [-0.3, -0.25) is 19.1 Å². The minimum absolute atomic E-state index is 0.0418. The van der Waals surface area contributed by atoms with E-state index in [1.165, 1.54) is 6.21 Å². The lowest BCUT2D eigenvalue weighted by molar-refractivity contribution is 0.00999. The summed E-state index contributed by atoms with van der Waals surface area (Å²) in [6.45, 7) is 1.87. The standard InChI is InChI=1S/C27H30N6O2/c1-27(35)10-8-20(9-11-27)33-25-21-12-17(4-7-23(21)31-16-24(25)32(3)26(33)34)18-5-6-22(30-15-18)19(13-28)14-29-2/h4-7,12-16,20,28-29,35H,8-11H2,1-3H3/b19-14+,28-13?. The Morgan fingerprint density at radius 1 is 1.17 bits per heavy atom. The smallest absolute Gasteiger partial charge is 0.329 e. The van der Waals surface area contributed by atoms with E-state index in [1.807, 2.05) is 35.8 Å². The van der Waals surface area contributed by atoms with Crippen LogP contribution in [-0.4, -0.2) is 43.1 Å². The number of allylic oxidation sites excluding steroid dienone is 1. The molecule has 0 unspecified atom stereocenters. The van der Waals surface area contributed by atoms with Crippen molar-refractivity contribution in [1.82, 2.24) is 24.4 Å². The Morgan fingerprint density at radius 2 is 1.91 bits per heavy atom. The van der Waals surface area contributed by atoms with E-state index < -0.39 is 5.60 Å². The SMILES string of the molecule is CN/C=C(\C=N)c1ccc(-c2ccc3ncc4c(c3c2)n(C2CCC(C)(O)CC2)c(=O)n4C)cn1. The van der Waals surface area contributed by atoms with Crippen LogP contribution >= 0.6 is 0 Å². The Bertz CT molecular complexity index is 1500. The van der Waals surface area contributed by atoms with Crippen molar-refractivity contribution < 1.29 is 5.11 Å². The summed E-state index contributed by atoms with van der Waals surface area (Å²) in [5.74, 6) is 0. The Balaban J connectivity index is 1.64. The minimum Gasteiger partial charge on any atom is -0.393 e. The highest BCUT2D eigenvalue weighted by Crippen LogP contribution is 2.37. The monoisotopic (exact) mass is 470 g/mol. The summed E-state index contributed by atoms with van der Waals surface area (Å²) in [5, 5.41) is 21.9. The molecule has 35 heavy (non-hydrogen) atoms. The van der Waals surface area contributed by atoms with Crippen LogP contribution in [0, 0.1) is 5.41 Å². The van der Waals surface area contributed by atoms with Gasteiger partial charge in [-0.2, -0.15) is 0 Å². The van der Waals surface area contributed by atoms with Gasteiger partial charge in [-0.25, -0.2) is 4.79 Å². The number of nitrogens with one attached hydrogen (secondary N) is 2. The van der Waals surface area contributed by atoms with Gasteiger partial charge in [-0.05, 0) is 56.4 Å². The molecule has 0 spiro atoms. The average molecular weight is 471 g/mol. The van der Waals surface area contributed by atoms with Crippen LogP contribution in [0.5, 0.6) is 0 Å². The number of nitrogens with zero attached hydrogens (tertiary/aromatic N) is 4. The Hall–Kier alpha value is -3.78. The van der Waals surface area contributed by atoms with Crippen LogP contribution in [0.1, 0.15) is 44.3 Å². The largest absolute Gasteiger partial charge is 0.393 e. The lowest BCUT2D eigenvalue weighted by Crippen LogP contribution is -2.34. The number of hydrogen-bond acceptors (Lipinski definition) is 6. The van der Waals surface area contributed by atoms with Crippen molar-refractivity contribution in [3.8, 4) is 11.1 Å². The third-order valence-electron chi connectivity index (χ3n) is 7.16. The van der Waals surface area contributed by atoms with Crippen molar-refractivity contribution in [2.75, 3.05) is 7.05 Å². The Kier molecular flexibility index (Phi) is 5.76. The van der Waals surface area contributed by atoms with Gasteiger partial charge in [0.1, 0.15) is 0 Å². The fourth-order valence-corrected chi connectivity index (χ4v) is 5.11. The average Bonchev–Trinajstić information content (AvgIpc) is 3.13. The van der Waals surface area contributed by atoms with Crippen LogP contribution in [-0.2, 0) is 7.05 Å². The number of benzene rings is 1.